The molecule has 0 spiro atoms. The Morgan fingerprint density at radius 3 is 2.39 bits per heavy atom. The smallest absolute Gasteiger partial charge is 0.149 e. The van der Waals surface area contributed by atoms with Gasteiger partial charge in [0.05, 0.1) is 24.2 Å². The average Bonchev–Trinajstić information content (AvgIpc) is 2.34. The molecule has 0 fully saturated rings. The lowest BCUT2D eigenvalue weighted by Gasteiger charge is -2.11. The minimum atomic E-state index is -0.676. The lowest BCUT2D eigenvalue weighted by atomic mass is 10.2. The van der Waals surface area contributed by atoms with E-state index in [2.05, 4.69) is 5.32 Å². The van der Waals surface area contributed by atoms with Crippen molar-refractivity contribution < 1.29 is 13.5 Å². The minimum Gasteiger partial charge on any atom is -0.497 e. The van der Waals surface area contributed by atoms with Crippen LogP contribution in [0.25, 0.3) is 0 Å². The third kappa shape index (κ3) is 2.51. The molecule has 94 valence electrons. The van der Waals surface area contributed by atoms with Crippen molar-refractivity contribution in [1.29, 1.82) is 0 Å². The van der Waals surface area contributed by atoms with Gasteiger partial charge in [-0.2, -0.15) is 0 Å². The van der Waals surface area contributed by atoms with E-state index in [-0.39, 0.29) is 5.69 Å². The number of nitrogens with two attached hydrogens (primary N) is 1. The Bertz CT molecular complexity index is 573. The Balaban J connectivity index is 2.28. The highest BCUT2D eigenvalue weighted by Crippen LogP contribution is 2.28. The third-order valence-corrected chi connectivity index (χ3v) is 2.46. The largest absolute Gasteiger partial charge is 0.497 e. The van der Waals surface area contributed by atoms with Gasteiger partial charge in [-0.05, 0) is 24.3 Å². The van der Waals surface area contributed by atoms with Gasteiger partial charge in [-0.1, -0.05) is 0 Å². The Kier molecular flexibility index (Phi) is 3.32. The summed E-state index contributed by atoms with van der Waals surface area (Å²) in [6.45, 7) is 0. The molecule has 0 radical (unpaired) electrons. The van der Waals surface area contributed by atoms with Crippen LogP contribution in [-0.2, 0) is 0 Å². The van der Waals surface area contributed by atoms with Gasteiger partial charge in [-0.15, -0.1) is 0 Å². The number of hydrogen-bond acceptors (Lipinski definition) is 3. The second kappa shape index (κ2) is 4.91. The summed E-state index contributed by atoms with van der Waals surface area (Å²) >= 11 is 0. The summed E-state index contributed by atoms with van der Waals surface area (Å²) in [6, 6.07) is 8.27. The van der Waals surface area contributed by atoms with Gasteiger partial charge in [-0.25, -0.2) is 8.78 Å². The van der Waals surface area contributed by atoms with E-state index < -0.39 is 11.6 Å². The molecule has 0 heterocycles. The van der Waals surface area contributed by atoms with Crippen LogP contribution in [0.3, 0.4) is 0 Å². The summed E-state index contributed by atoms with van der Waals surface area (Å²) in [4.78, 5) is 0. The fourth-order valence-corrected chi connectivity index (χ4v) is 1.52. The number of methoxy groups -OCH3 is 1. The van der Waals surface area contributed by atoms with Gasteiger partial charge in [0.2, 0.25) is 0 Å². The van der Waals surface area contributed by atoms with Gasteiger partial charge in [0.1, 0.15) is 17.4 Å². The van der Waals surface area contributed by atoms with Crippen LogP contribution >= 0.6 is 0 Å². The standard InChI is InChI=1S/C13H12F2N2O/c1-18-9-3-5-13(11(16)7-9)17-12-4-2-8(14)6-10(12)15/h2-7,17H,16H2,1H3. The molecule has 3 N–H and O–H groups in total. The molecular weight excluding hydrogens is 238 g/mol. The second-order valence-corrected chi connectivity index (χ2v) is 3.70. The van der Waals surface area contributed by atoms with Crippen molar-refractivity contribution in [3.8, 4) is 5.75 Å². The van der Waals surface area contributed by atoms with Crippen molar-refractivity contribution in [2.75, 3.05) is 18.2 Å². The maximum absolute atomic E-state index is 13.4. The molecule has 3 nitrogen and oxygen atoms in total. The number of anilines is 3. The topological polar surface area (TPSA) is 47.3 Å². The molecule has 2 aromatic rings. The van der Waals surface area contributed by atoms with Gasteiger partial charge >= 0.3 is 0 Å². The van der Waals surface area contributed by atoms with Crippen LogP contribution in [0, 0.1) is 11.6 Å². The van der Waals surface area contributed by atoms with Gasteiger partial charge in [-0.3, -0.25) is 0 Å². The third-order valence-electron chi connectivity index (χ3n) is 2.46. The molecule has 0 aliphatic carbocycles. The summed E-state index contributed by atoms with van der Waals surface area (Å²) in [5.74, 6) is -0.691. The zero-order valence-electron chi connectivity index (χ0n) is 9.71. The molecule has 5 heteroatoms. The molecule has 0 aromatic heterocycles. The predicted molar refractivity (Wildman–Crippen MR) is 67.0 cm³/mol. The van der Waals surface area contributed by atoms with E-state index in [1.807, 2.05) is 0 Å². The molecule has 2 rings (SSSR count). The summed E-state index contributed by atoms with van der Waals surface area (Å²) in [7, 11) is 1.53. The zero-order chi connectivity index (χ0) is 13.1. The van der Waals surface area contributed by atoms with Crippen molar-refractivity contribution >= 4 is 17.1 Å². The van der Waals surface area contributed by atoms with Crippen LogP contribution in [0.5, 0.6) is 5.75 Å². The number of halogens is 2. The number of nitrogen functional groups attached to an aromatic ring is 1. The van der Waals surface area contributed by atoms with Crippen molar-refractivity contribution in [1.82, 2.24) is 0 Å². The quantitative estimate of drug-likeness (QED) is 0.822. The highest BCUT2D eigenvalue weighted by atomic mass is 19.1. The van der Waals surface area contributed by atoms with Crippen LogP contribution in [0.1, 0.15) is 0 Å². The summed E-state index contributed by atoms with van der Waals surface area (Å²) < 4.78 is 31.2. The van der Waals surface area contributed by atoms with Gasteiger partial charge < -0.3 is 15.8 Å². The van der Waals surface area contributed by atoms with Gasteiger partial charge in [0.15, 0.2) is 0 Å². The Labute approximate surface area is 103 Å². The molecule has 0 aliphatic rings. The first-order chi connectivity index (χ1) is 8.60. The number of ether oxygens (including phenoxy) is 1. The molecule has 0 aliphatic heterocycles. The van der Waals surface area contributed by atoms with E-state index in [9.17, 15) is 8.78 Å². The fourth-order valence-electron chi connectivity index (χ4n) is 1.52. The van der Waals surface area contributed by atoms with Crippen LogP contribution in [0.2, 0.25) is 0 Å². The number of rotatable bonds is 3. The van der Waals surface area contributed by atoms with E-state index in [0.29, 0.717) is 17.1 Å². The van der Waals surface area contributed by atoms with Crippen LogP contribution < -0.4 is 15.8 Å². The van der Waals surface area contributed by atoms with Gasteiger partial charge in [0.25, 0.3) is 0 Å². The number of nitrogens with one attached hydrogen (secondary N) is 1. The van der Waals surface area contributed by atoms with Crippen LogP contribution in [0.15, 0.2) is 36.4 Å². The van der Waals surface area contributed by atoms with Crippen molar-refractivity contribution in [2.45, 2.75) is 0 Å². The SMILES string of the molecule is COc1ccc(Nc2ccc(F)cc2F)c(N)c1. The van der Waals surface area contributed by atoms with E-state index in [1.165, 1.54) is 19.2 Å². The van der Waals surface area contributed by atoms with Crippen molar-refractivity contribution in [3.63, 3.8) is 0 Å². The number of benzene rings is 2. The maximum atomic E-state index is 13.4. The highest BCUT2D eigenvalue weighted by molar-refractivity contribution is 5.74. The normalized spacial score (nSPS) is 10.2. The van der Waals surface area contributed by atoms with Crippen molar-refractivity contribution in [3.05, 3.63) is 48.0 Å². The van der Waals surface area contributed by atoms with Crippen LogP contribution in [-0.4, -0.2) is 7.11 Å². The first-order valence-electron chi connectivity index (χ1n) is 5.26. The summed E-state index contributed by atoms with van der Waals surface area (Å²) in [6.07, 6.45) is 0. The van der Waals surface area contributed by atoms with Crippen LogP contribution in [0.4, 0.5) is 25.8 Å². The zero-order valence-corrected chi connectivity index (χ0v) is 9.71. The molecule has 0 saturated carbocycles. The van der Waals surface area contributed by atoms with E-state index in [0.717, 1.165) is 6.07 Å². The number of hydrogen-bond donors (Lipinski definition) is 2. The van der Waals surface area contributed by atoms with Crippen molar-refractivity contribution in [2.24, 2.45) is 0 Å². The molecule has 18 heavy (non-hydrogen) atoms. The first-order valence-corrected chi connectivity index (χ1v) is 5.26. The minimum absolute atomic E-state index is 0.160. The average molecular weight is 250 g/mol. The molecule has 0 saturated heterocycles. The Morgan fingerprint density at radius 1 is 1.06 bits per heavy atom. The molecule has 0 unspecified atom stereocenters. The van der Waals surface area contributed by atoms with E-state index in [1.54, 1.807) is 18.2 Å². The lowest BCUT2D eigenvalue weighted by Crippen LogP contribution is -1.99. The summed E-state index contributed by atoms with van der Waals surface area (Å²) in [5.41, 5.74) is 6.89. The van der Waals surface area contributed by atoms with E-state index in [4.69, 9.17) is 10.5 Å². The maximum Gasteiger partial charge on any atom is 0.149 e. The monoisotopic (exact) mass is 250 g/mol. The molecule has 2 aromatic carbocycles. The predicted octanol–water partition coefficient (Wildman–Crippen LogP) is 3.30. The van der Waals surface area contributed by atoms with E-state index >= 15 is 0 Å². The first kappa shape index (κ1) is 12.2. The molecule has 0 amide bonds. The Morgan fingerprint density at radius 2 is 1.78 bits per heavy atom. The Hall–Kier alpha value is -2.30. The molecule has 0 bridgehead atoms. The second-order valence-electron chi connectivity index (χ2n) is 3.70. The summed E-state index contributed by atoms with van der Waals surface area (Å²) in [5, 5.41) is 2.80. The lowest BCUT2D eigenvalue weighted by molar-refractivity contribution is 0.415. The molecule has 0 atom stereocenters. The highest BCUT2D eigenvalue weighted by Gasteiger charge is 2.06. The molecular formula is C13H12F2N2O. The fraction of sp³-hybridized carbons (Fsp3) is 0.0769. The van der Waals surface area contributed by atoms with Gasteiger partial charge in [0, 0.05) is 12.1 Å².